The molecule has 0 spiro atoms. The Bertz CT molecular complexity index is 77.0. The third kappa shape index (κ3) is 1.43. The molecular formula is C7H15NO. The number of hydrogen-bond acceptors (Lipinski definition) is 2. The molecule has 1 saturated carbocycles. The highest BCUT2D eigenvalue weighted by atomic mass is 16.5. The Hall–Kier alpha value is -0.0800. The van der Waals surface area contributed by atoms with E-state index in [0.717, 1.165) is 5.92 Å². The SMILES string of the molecule is CNC(OC)C1CCC1. The van der Waals surface area contributed by atoms with E-state index >= 15 is 0 Å². The molecule has 0 amide bonds. The number of rotatable bonds is 3. The summed E-state index contributed by atoms with van der Waals surface area (Å²) in [7, 11) is 3.71. The summed E-state index contributed by atoms with van der Waals surface area (Å²) in [6, 6.07) is 0. The van der Waals surface area contributed by atoms with Crippen molar-refractivity contribution in [3.8, 4) is 0 Å². The van der Waals surface area contributed by atoms with Crippen LogP contribution in [0.2, 0.25) is 0 Å². The Kier molecular flexibility index (Phi) is 2.49. The fourth-order valence-electron chi connectivity index (χ4n) is 1.29. The van der Waals surface area contributed by atoms with E-state index in [-0.39, 0.29) is 0 Å². The molecule has 0 heterocycles. The van der Waals surface area contributed by atoms with Crippen molar-refractivity contribution in [2.75, 3.05) is 14.2 Å². The van der Waals surface area contributed by atoms with Gasteiger partial charge in [0.15, 0.2) is 0 Å². The molecule has 0 bridgehead atoms. The van der Waals surface area contributed by atoms with Crippen molar-refractivity contribution >= 4 is 0 Å². The number of ether oxygens (including phenoxy) is 1. The quantitative estimate of drug-likeness (QED) is 0.573. The van der Waals surface area contributed by atoms with Crippen LogP contribution in [0.3, 0.4) is 0 Å². The second-order valence-corrected chi connectivity index (χ2v) is 2.64. The fourth-order valence-corrected chi connectivity index (χ4v) is 1.29. The Balaban J connectivity index is 2.19. The molecule has 1 unspecified atom stereocenters. The van der Waals surface area contributed by atoms with Gasteiger partial charge in [-0.3, -0.25) is 5.32 Å². The van der Waals surface area contributed by atoms with Crippen LogP contribution in [0, 0.1) is 5.92 Å². The molecule has 0 saturated heterocycles. The zero-order valence-electron chi connectivity index (χ0n) is 6.18. The van der Waals surface area contributed by atoms with Gasteiger partial charge in [-0.05, 0) is 25.8 Å². The topological polar surface area (TPSA) is 21.3 Å². The molecule has 1 aliphatic rings. The molecule has 0 aromatic carbocycles. The third-order valence-corrected chi connectivity index (χ3v) is 2.12. The summed E-state index contributed by atoms with van der Waals surface area (Å²) in [5, 5.41) is 3.13. The van der Waals surface area contributed by atoms with Crippen molar-refractivity contribution in [1.82, 2.24) is 5.32 Å². The van der Waals surface area contributed by atoms with Gasteiger partial charge in [0.05, 0.1) is 0 Å². The second kappa shape index (κ2) is 3.18. The van der Waals surface area contributed by atoms with Crippen molar-refractivity contribution in [3.63, 3.8) is 0 Å². The predicted octanol–water partition coefficient (Wildman–Crippen LogP) is 0.978. The predicted molar refractivity (Wildman–Crippen MR) is 37.2 cm³/mol. The highest BCUT2D eigenvalue weighted by Gasteiger charge is 2.25. The van der Waals surface area contributed by atoms with Gasteiger partial charge >= 0.3 is 0 Å². The third-order valence-electron chi connectivity index (χ3n) is 2.12. The van der Waals surface area contributed by atoms with Crippen LogP contribution in [0.1, 0.15) is 19.3 Å². The standard InChI is InChI=1S/C7H15NO/c1-8-7(9-2)6-4-3-5-6/h6-8H,3-5H2,1-2H3. The average Bonchev–Trinajstić information content (AvgIpc) is 1.78. The zero-order valence-corrected chi connectivity index (χ0v) is 6.18. The maximum absolute atomic E-state index is 5.19. The molecule has 0 aliphatic heterocycles. The molecule has 54 valence electrons. The zero-order chi connectivity index (χ0) is 6.69. The van der Waals surface area contributed by atoms with Gasteiger partial charge in [0.25, 0.3) is 0 Å². The molecule has 0 aromatic rings. The average molecular weight is 129 g/mol. The lowest BCUT2D eigenvalue weighted by atomic mass is 9.84. The maximum atomic E-state index is 5.19. The fraction of sp³-hybridized carbons (Fsp3) is 1.00. The van der Waals surface area contributed by atoms with E-state index in [9.17, 15) is 0 Å². The molecule has 0 aromatic heterocycles. The minimum absolute atomic E-state index is 0.304. The molecule has 0 radical (unpaired) electrons. The Morgan fingerprint density at radius 1 is 1.56 bits per heavy atom. The van der Waals surface area contributed by atoms with Gasteiger partial charge in [0, 0.05) is 7.11 Å². The molecule has 2 heteroatoms. The summed E-state index contributed by atoms with van der Waals surface area (Å²) in [5.74, 6) is 0.778. The largest absolute Gasteiger partial charge is 0.366 e. The van der Waals surface area contributed by atoms with Gasteiger partial charge in [0.2, 0.25) is 0 Å². The summed E-state index contributed by atoms with van der Waals surface area (Å²) in [4.78, 5) is 0. The Morgan fingerprint density at radius 2 is 2.22 bits per heavy atom. The van der Waals surface area contributed by atoms with Crippen LogP contribution in [0.4, 0.5) is 0 Å². The second-order valence-electron chi connectivity index (χ2n) is 2.64. The Labute approximate surface area is 56.6 Å². The highest BCUT2D eigenvalue weighted by molar-refractivity contribution is 4.75. The Morgan fingerprint density at radius 3 is 2.33 bits per heavy atom. The first-order valence-electron chi connectivity index (χ1n) is 3.58. The highest BCUT2D eigenvalue weighted by Crippen LogP contribution is 2.29. The van der Waals surface area contributed by atoms with E-state index in [0.29, 0.717) is 6.23 Å². The molecule has 1 atom stereocenters. The first-order valence-corrected chi connectivity index (χ1v) is 3.58. The van der Waals surface area contributed by atoms with Crippen molar-refractivity contribution in [1.29, 1.82) is 0 Å². The van der Waals surface area contributed by atoms with Crippen molar-refractivity contribution in [3.05, 3.63) is 0 Å². The minimum Gasteiger partial charge on any atom is -0.366 e. The van der Waals surface area contributed by atoms with E-state index < -0.39 is 0 Å². The summed E-state index contributed by atoms with van der Waals surface area (Å²) < 4.78 is 5.19. The van der Waals surface area contributed by atoms with Gasteiger partial charge in [-0.1, -0.05) is 6.42 Å². The molecule has 1 N–H and O–H groups in total. The van der Waals surface area contributed by atoms with Crippen LogP contribution >= 0.6 is 0 Å². The monoisotopic (exact) mass is 129 g/mol. The van der Waals surface area contributed by atoms with Gasteiger partial charge in [0.1, 0.15) is 6.23 Å². The first kappa shape index (κ1) is 7.03. The van der Waals surface area contributed by atoms with Crippen molar-refractivity contribution < 1.29 is 4.74 Å². The summed E-state index contributed by atoms with van der Waals surface area (Å²) in [5.41, 5.74) is 0. The van der Waals surface area contributed by atoms with Gasteiger partial charge < -0.3 is 4.74 Å². The van der Waals surface area contributed by atoms with Crippen LogP contribution in [-0.4, -0.2) is 20.4 Å². The number of nitrogens with one attached hydrogen (secondary N) is 1. The molecular weight excluding hydrogens is 114 g/mol. The van der Waals surface area contributed by atoms with E-state index in [2.05, 4.69) is 5.32 Å². The number of hydrogen-bond donors (Lipinski definition) is 1. The first-order chi connectivity index (χ1) is 4.38. The van der Waals surface area contributed by atoms with E-state index in [4.69, 9.17) is 4.74 Å². The van der Waals surface area contributed by atoms with E-state index in [1.807, 2.05) is 7.05 Å². The van der Waals surface area contributed by atoms with Crippen molar-refractivity contribution in [2.45, 2.75) is 25.5 Å². The molecule has 2 nitrogen and oxygen atoms in total. The molecule has 1 fully saturated rings. The van der Waals surface area contributed by atoms with Gasteiger partial charge in [-0.2, -0.15) is 0 Å². The number of methoxy groups -OCH3 is 1. The van der Waals surface area contributed by atoms with Crippen LogP contribution < -0.4 is 5.32 Å². The minimum atomic E-state index is 0.304. The molecule has 1 rings (SSSR count). The lowest BCUT2D eigenvalue weighted by Crippen LogP contribution is -2.38. The molecule has 1 aliphatic carbocycles. The summed E-state index contributed by atoms with van der Waals surface area (Å²) in [6.45, 7) is 0. The lowest BCUT2D eigenvalue weighted by molar-refractivity contribution is 0.000757. The van der Waals surface area contributed by atoms with E-state index in [1.54, 1.807) is 7.11 Å². The van der Waals surface area contributed by atoms with Crippen LogP contribution in [0.25, 0.3) is 0 Å². The summed E-state index contributed by atoms with van der Waals surface area (Å²) in [6.07, 6.45) is 4.35. The summed E-state index contributed by atoms with van der Waals surface area (Å²) >= 11 is 0. The maximum Gasteiger partial charge on any atom is 0.110 e. The van der Waals surface area contributed by atoms with Crippen LogP contribution in [0.5, 0.6) is 0 Å². The smallest absolute Gasteiger partial charge is 0.110 e. The van der Waals surface area contributed by atoms with E-state index in [1.165, 1.54) is 19.3 Å². The van der Waals surface area contributed by atoms with Gasteiger partial charge in [-0.25, -0.2) is 0 Å². The van der Waals surface area contributed by atoms with Crippen molar-refractivity contribution in [2.24, 2.45) is 5.92 Å². The van der Waals surface area contributed by atoms with Crippen LogP contribution in [-0.2, 0) is 4.74 Å². The molecule has 9 heavy (non-hydrogen) atoms. The lowest BCUT2D eigenvalue weighted by Gasteiger charge is -2.32. The van der Waals surface area contributed by atoms with Gasteiger partial charge in [-0.15, -0.1) is 0 Å². The normalized spacial score (nSPS) is 23.3. The van der Waals surface area contributed by atoms with Crippen LogP contribution in [0.15, 0.2) is 0 Å².